The van der Waals surface area contributed by atoms with E-state index in [-0.39, 0.29) is 24.2 Å². The molecule has 1 saturated heterocycles. The summed E-state index contributed by atoms with van der Waals surface area (Å²) < 4.78 is 5.42. The van der Waals surface area contributed by atoms with Gasteiger partial charge in [0.15, 0.2) is 11.4 Å². The molecule has 1 aliphatic heterocycles. The van der Waals surface area contributed by atoms with Crippen LogP contribution in [-0.4, -0.2) is 28.9 Å². The van der Waals surface area contributed by atoms with E-state index in [9.17, 15) is 9.59 Å². The quantitative estimate of drug-likeness (QED) is 0.558. The molecular formula is C18H26N2O3. The second-order valence-electron chi connectivity index (χ2n) is 6.39. The van der Waals surface area contributed by atoms with Gasteiger partial charge in [0.25, 0.3) is 0 Å². The largest absolute Gasteiger partial charge is 0.451 e. The average Bonchev–Trinajstić information content (AvgIpc) is 2.85. The van der Waals surface area contributed by atoms with Gasteiger partial charge in [-0.15, -0.1) is 0 Å². The van der Waals surface area contributed by atoms with E-state index in [4.69, 9.17) is 4.74 Å². The van der Waals surface area contributed by atoms with Crippen molar-refractivity contribution in [3.8, 4) is 0 Å². The first-order valence-electron chi connectivity index (χ1n) is 8.46. The summed E-state index contributed by atoms with van der Waals surface area (Å²) in [6, 6.07) is 5.46. The van der Waals surface area contributed by atoms with Gasteiger partial charge in [0.1, 0.15) is 5.82 Å². The van der Waals surface area contributed by atoms with Crippen LogP contribution in [0.3, 0.4) is 0 Å². The first-order valence-corrected chi connectivity index (χ1v) is 8.46. The summed E-state index contributed by atoms with van der Waals surface area (Å²) in [6.07, 6.45) is 7.47. The van der Waals surface area contributed by atoms with E-state index in [0.29, 0.717) is 12.2 Å². The fourth-order valence-corrected chi connectivity index (χ4v) is 2.93. The summed E-state index contributed by atoms with van der Waals surface area (Å²) in [5, 5.41) is 2.98. The Morgan fingerprint density at radius 2 is 2.22 bits per heavy atom. The van der Waals surface area contributed by atoms with Gasteiger partial charge in [0, 0.05) is 12.6 Å². The molecule has 1 aromatic rings. The summed E-state index contributed by atoms with van der Waals surface area (Å²) in [5.74, 6) is 0.170. The van der Waals surface area contributed by atoms with E-state index in [0.717, 1.165) is 19.3 Å². The molecule has 0 aromatic carbocycles. The van der Waals surface area contributed by atoms with Crippen LogP contribution in [-0.2, 0) is 14.3 Å². The van der Waals surface area contributed by atoms with Gasteiger partial charge in [-0.05, 0) is 25.5 Å². The van der Waals surface area contributed by atoms with E-state index >= 15 is 0 Å². The van der Waals surface area contributed by atoms with Crippen LogP contribution in [0.5, 0.6) is 0 Å². The number of anilines is 1. The molecule has 0 spiro atoms. The first-order chi connectivity index (χ1) is 11.0. The maximum absolute atomic E-state index is 12.4. The highest BCUT2D eigenvalue weighted by molar-refractivity contribution is 5.94. The number of hydrogen-bond donors (Lipinski definition) is 1. The lowest BCUT2D eigenvalue weighted by Gasteiger charge is -2.21. The number of esters is 1. The van der Waals surface area contributed by atoms with Gasteiger partial charge in [-0.25, -0.2) is 4.98 Å². The normalized spacial score (nSPS) is 23.6. The molecule has 1 N–H and O–H groups in total. The smallest absolute Gasteiger partial charge is 0.310 e. The second kappa shape index (κ2) is 8.09. The number of ketones is 1. The molecule has 2 atom stereocenters. The van der Waals surface area contributed by atoms with Crippen LogP contribution in [0.1, 0.15) is 52.4 Å². The van der Waals surface area contributed by atoms with Gasteiger partial charge < -0.3 is 10.1 Å². The summed E-state index contributed by atoms with van der Waals surface area (Å²) >= 11 is 0. The molecule has 23 heavy (non-hydrogen) atoms. The number of nitrogens with one attached hydrogen (secondary N) is 1. The van der Waals surface area contributed by atoms with Crippen molar-refractivity contribution >= 4 is 17.6 Å². The molecule has 5 nitrogen and oxygen atoms in total. The number of aromatic nitrogens is 1. The molecule has 5 heteroatoms. The lowest BCUT2D eigenvalue weighted by molar-refractivity contribution is -0.156. The Kier molecular flexibility index (Phi) is 6.13. The topological polar surface area (TPSA) is 68.3 Å². The van der Waals surface area contributed by atoms with Crippen LogP contribution in [0.2, 0.25) is 0 Å². The SMILES string of the molecule is CCCCCC[C@@H]1C[C@](C)(C(=O)CNc2ccccn2)OC1=O. The van der Waals surface area contributed by atoms with Crippen molar-refractivity contribution in [3.63, 3.8) is 0 Å². The lowest BCUT2D eigenvalue weighted by Crippen LogP contribution is -2.39. The number of Topliss-reactive ketones (excluding diaryl/α,β-unsaturated/α-hetero) is 1. The Balaban J connectivity index is 1.83. The van der Waals surface area contributed by atoms with E-state index in [2.05, 4.69) is 17.2 Å². The molecule has 0 saturated carbocycles. The van der Waals surface area contributed by atoms with Crippen LogP contribution in [0.4, 0.5) is 5.82 Å². The van der Waals surface area contributed by atoms with Crippen molar-refractivity contribution in [3.05, 3.63) is 24.4 Å². The minimum Gasteiger partial charge on any atom is -0.451 e. The second-order valence-corrected chi connectivity index (χ2v) is 6.39. The number of hydrogen-bond acceptors (Lipinski definition) is 5. The molecule has 2 rings (SSSR count). The maximum atomic E-state index is 12.4. The predicted molar refractivity (Wildman–Crippen MR) is 89.1 cm³/mol. The Morgan fingerprint density at radius 3 is 2.91 bits per heavy atom. The molecule has 0 bridgehead atoms. The van der Waals surface area contributed by atoms with E-state index in [1.165, 1.54) is 12.8 Å². The molecule has 0 radical (unpaired) electrons. The van der Waals surface area contributed by atoms with Gasteiger partial charge in [-0.1, -0.05) is 38.7 Å². The molecular weight excluding hydrogens is 292 g/mol. The zero-order valence-electron chi connectivity index (χ0n) is 14.0. The van der Waals surface area contributed by atoms with Crippen LogP contribution in [0.15, 0.2) is 24.4 Å². The highest BCUT2D eigenvalue weighted by Crippen LogP contribution is 2.34. The third kappa shape index (κ3) is 4.78. The van der Waals surface area contributed by atoms with Crippen molar-refractivity contribution in [2.75, 3.05) is 11.9 Å². The van der Waals surface area contributed by atoms with Crippen molar-refractivity contribution in [2.45, 2.75) is 58.0 Å². The predicted octanol–water partition coefficient (Wildman–Crippen LogP) is 3.35. The van der Waals surface area contributed by atoms with E-state index in [1.54, 1.807) is 19.2 Å². The number of unbranched alkanes of at least 4 members (excludes halogenated alkanes) is 3. The average molecular weight is 318 g/mol. The Morgan fingerprint density at radius 1 is 1.39 bits per heavy atom. The number of cyclic esters (lactones) is 1. The lowest BCUT2D eigenvalue weighted by atomic mass is 9.89. The Bertz CT molecular complexity index is 532. The summed E-state index contributed by atoms with van der Waals surface area (Å²) in [6.45, 7) is 4.00. The maximum Gasteiger partial charge on any atom is 0.310 e. The Hall–Kier alpha value is -1.91. The molecule has 1 aliphatic rings. The number of ether oxygens (including phenoxy) is 1. The highest BCUT2D eigenvalue weighted by Gasteiger charge is 2.47. The summed E-state index contributed by atoms with van der Waals surface area (Å²) in [4.78, 5) is 28.6. The zero-order valence-corrected chi connectivity index (χ0v) is 14.0. The summed E-state index contributed by atoms with van der Waals surface area (Å²) in [7, 11) is 0. The third-order valence-corrected chi connectivity index (χ3v) is 4.39. The van der Waals surface area contributed by atoms with Crippen molar-refractivity contribution < 1.29 is 14.3 Å². The molecule has 0 aliphatic carbocycles. The molecule has 0 amide bonds. The number of carbonyl (C=O) groups is 2. The van der Waals surface area contributed by atoms with Gasteiger partial charge in [-0.3, -0.25) is 9.59 Å². The number of rotatable bonds is 9. The first kappa shape index (κ1) is 17.4. The fraction of sp³-hybridized carbons (Fsp3) is 0.611. The van der Waals surface area contributed by atoms with Crippen molar-refractivity contribution in [1.82, 2.24) is 4.98 Å². The monoisotopic (exact) mass is 318 g/mol. The minimum atomic E-state index is -1.01. The minimum absolute atomic E-state index is 0.104. The van der Waals surface area contributed by atoms with E-state index in [1.807, 2.05) is 12.1 Å². The van der Waals surface area contributed by atoms with Crippen LogP contribution >= 0.6 is 0 Å². The summed E-state index contributed by atoms with van der Waals surface area (Å²) in [5.41, 5.74) is -1.01. The highest BCUT2D eigenvalue weighted by atomic mass is 16.6. The molecule has 1 fully saturated rings. The molecule has 2 heterocycles. The van der Waals surface area contributed by atoms with Gasteiger partial charge in [-0.2, -0.15) is 0 Å². The fourth-order valence-electron chi connectivity index (χ4n) is 2.93. The van der Waals surface area contributed by atoms with Gasteiger partial charge in [0.05, 0.1) is 12.5 Å². The standard InChI is InChI=1S/C18H26N2O3/c1-3-4-5-6-9-14-12-18(2,23-17(14)22)15(21)13-20-16-10-7-8-11-19-16/h7-8,10-11,14H,3-6,9,12-13H2,1-2H3,(H,19,20)/t14-,18-/m1/s1. The zero-order chi connectivity index (χ0) is 16.7. The van der Waals surface area contributed by atoms with Gasteiger partial charge in [0.2, 0.25) is 0 Å². The number of carbonyl (C=O) groups excluding carboxylic acids is 2. The molecule has 126 valence electrons. The molecule has 0 unspecified atom stereocenters. The molecule has 1 aromatic heterocycles. The van der Waals surface area contributed by atoms with Crippen molar-refractivity contribution in [1.29, 1.82) is 0 Å². The van der Waals surface area contributed by atoms with E-state index < -0.39 is 5.60 Å². The third-order valence-electron chi connectivity index (χ3n) is 4.39. The number of pyridine rings is 1. The Labute approximate surface area is 137 Å². The van der Waals surface area contributed by atoms with Crippen molar-refractivity contribution in [2.24, 2.45) is 5.92 Å². The van der Waals surface area contributed by atoms with Crippen LogP contribution < -0.4 is 5.32 Å². The van der Waals surface area contributed by atoms with Crippen LogP contribution in [0, 0.1) is 5.92 Å². The van der Waals surface area contributed by atoms with Gasteiger partial charge >= 0.3 is 5.97 Å². The van der Waals surface area contributed by atoms with Crippen LogP contribution in [0.25, 0.3) is 0 Å². The number of nitrogens with zero attached hydrogens (tertiary/aromatic N) is 1.